The fourth-order valence-electron chi connectivity index (χ4n) is 3.53. The van der Waals surface area contributed by atoms with Crippen molar-refractivity contribution in [2.24, 2.45) is 0 Å². The fourth-order valence-corrected chi connectivity index (χ4v) is 3.53. The van der Waals surface area contributed by atoms with Crippen LogP contribution in [0.4, 0.5) is 5.95 Å². The molecule has 1 amide bonds. The molecule has 0 spiro atoms. The fraction of sp³-hybridized carbons (Fsp3) is 0.500. The predicted octanol–water partition coefficient (Wildman–Crippen LogP) is 3.28. The molecule has 1 aliphatic rings. The van der Waals surface area contributed by atoms with Gasteiger partial charge in [-0.3, -0.25) is 4.79 Å². The summed E-state index contributed by atoms with van der Waals surface area (Å²) in [5, 5.41) is 2.96. The van der Waals surface area contributed by atoms with Crippen LogP contribution < -0.4 is 19.7 Å². The first kappa shape index (κ1) is 20.9. The van der Waals surface area contributed by atoms with E-state index in [1.807, 2.05) is 19.1 Å². The normalized spacial score (nSPS) is 13.0. The molecule has 1 N–H and O–H groups in total. The van der Waals surface area contributed by atoms with Crippen molar-refractivity contribution in [3.05, 3.63) is 40.7 Å². The number of rotatable bonds is 8. The summed E-state index contributed by atoms with van der Waals surface area (Å²) in [6.07, 6.45) is 4.06. The van der Waals surface area contributed by atoms with Crippen LogP contribution in [0.25, 0.3) is 0 Å². The van der Waals surface area contributed by atoms with Crippen LogP contribution in [-0.4, -0.2) is 43.2 Å². The Bertz CT molecular complexity index is 869. The first-order valence-corrected chi connectivity index (χ1v) is 10.2. The van der Waals surface area contributed by atoms with E-state index in [1.165, 1.54) is 5.56 Å². The maximum absolute atomic E-state index is 12.5. The molecule has 7 nitrogen and oxygen atoms in total. The summed E-state index contributed by atoms with van der Waals surface area (Å²) in [6.45, 7) is 6.15. The van der Waals surface area contributed by atoms with E-state index in [0.717, 1.165) is 49.2 Å². The molecular formula is C22H30N4O3. The highest BCUT2D eigenvalue weighted by Gasteiger charge is 2.22. The van der Waals surface area contributed by atoms with Gasteiger partial charge in [-0.1, -0.05) is 19.8 Å². The van der Waals surface area contributed by atoms with Crippen LogP contribution in [0.3, 0.4) is 0 Å². The minimum absolute atomic E-state index is 0.142. The number of aromatic nitrogens is 2. The molecule has 2 aromatic rings. The Morgan fingerprint density at radius 3 is 2.52 bits per heavy atom. The number of hydrogen-bond donors (Lipinski definition) is 1. The van der Waals surface area contributed by atoms with E-state index in [-0.39, 0.29) is 5.91 Å². The standard InChI is InChI=1S/C22H30N4O3/c1-5-6-7-9-23-21(27)18-11-15(2)24-22(25-18)26-10-8-16-12-19(28-3)20(29-4)13-17(16)14-26/h11-13H,5-10,14H2,1-4H3,(H,23,27). The highest BCUT2D eigenvalue weighted by Crippen LogP contribution is 2.33. The van der Waals surface area contributed by atoms with Gasteiger partial charge in [0.2, 0.25) is 5.95 Å². The van der Waals surface area contributed by atoms with Gasteiger partial charge in [-0.2, -0.15) is 0 Å². The van der Waals surface area contributed by atoms with Crippen molar-refractivity contribution in [2.45, 2.75) is 46.1 Å². The zero-order chi connectivity index (χ0) is 20.8. The molecule has 1 aromatic carbocycles. The third kappa shape index (κ3) is 4.96. The number of aryl methyl sites for hydroxylation is 1. The quantitative estimate of drug-likeness (QED) is 0.688. The summed E-state index contributed by atoms with van der Waals surface area (Å²) in [5.74, 6) is 1.90. The molecule has 1 aliphatic heterocycles. The number of unbranched alkanes of at least 4 members (excludes halogenated alkanes) is 2. The van der Waals surface area contributed by atoms with Gasteiger partial charge in [0.05, 0.1) is 14.2 Å². The monoisotopic (exact) mass is 398 g/mol. The second-order valence-electron chi connectivity index (χ2n) is 7.31. The number of hydrogen-bond acceptors (Lipinski definition) is 6. The van der Waals surface area contributed by atoms with Crippen molar-refractivity contribution >= 4 is 11.9 Å². The van der Waals surface area contributed by atoms with Crippen LogP contribution in [0, 0.1) is 6.92 Å². The topological polar surface area (TPSA) is 76.6 Å². The molecule has 156 valence electrons. The van der Waals surface area contributed by atoms with Crippen LogP contribution in [0.1, 0.15) is 53.5 Å². The Morgan fingerprint density at radius 1 is 1.10 bits per heavy atom. The number of ether oxygens (including phenoxy) is 2. The first-order valence-electron chi connectivity index (χ1n) is 10.2. The number of amides is 1. The van der Waals surface area contributed by atoms with E-state index in [0.29, 0.717) is 30.5 Å². The van der Waals surface area contributed by atoms with Gasteiger partial charge >= 0.3 is 0 Å². The second kappa shape index (κ2) is 9.58. The molecule has 0 fully saturated rings. The van der Waals surface area contributed by atoms with Crippen LogP contribution in [0.2, 0.25) is 0 Å². The van der Waals surface area contributed by atoms with Gasteiger partial charge in [-0.05, 0) is 49.1 Å². The Morgan fingerprint density at radius 2 is 1.83 bits per heavy atom. The van der Waals surface area contributed by atoms with E-state index in [2.05, 4.69) is 27.1 Å². The van der Waals surface area contributed by atoms with Crippen molar-refractivity contribution < 1.29 is 14.3 Å². The highest BCUT2D eigenvalue weighted by atomic mass is 16.5. The number of nitrogens with zero attached hydrogens (tertiary/aromatic N) is 3. The Labute approximate surface area is 172 Å². The number of fused-ring (bicyclic) bond motifs is 1. The van der Waals surface area contributed by atoms with Gasteiger partial charge in [0.1, 0.15) is 5.69 Å². The number of nitrogens with one attached hydrogen (secondary N) is 1. The van der Waals surface area contributed by atoms with Crippen LogP contribution in [0.5, 0.6) is 11.5 Å². The lowest BCUT2D eigenvalue weighted by atomic mass is 9.99. The average molecular weight is 399 g/mol. The second-order valence-corrected chi connectivity index (χ2v) is 7.31. The number of benzene rings is 1. The van der Waals surface area contributed by atoms with Crippen molar-refractivity contribution in [3.63, 3.8) is 0 Å². The third-order valence-corrected chi connectivity index (χ3v) is 5.14. The van der Waals surface area contributed by atoms with Crippen LogP contribution in [0.15, 0.2) is 18.2 Å². The zero-order valence-corrected chi connectivity index (χ0v) is 17.7. The Hall–Kier alpha value is -2.83. The molecular weight excluding hydrogens is 368 g/mol. The number of carbonyl (C=O) groups excluding carboxylic acids is 1. The molecule has 1 aromatic heterocycles. The average Bonchev–Trinajstić information content (AvgIpc) is 2.74. The van der Waals surface area contributed by atoms with Crippen molar-refractivity contribution in [1.82, 2.24) is 15.3 Å². The highest BCUT2D eigenvalue weighted by molar-refractivity contribution is 5.92. The molecule has 0 atom stereocenters. The minimum Gasteiger partial charge on any atom is -0.493 e. The smallest absolute Gasteiger partial charge is 0.270 e. The minimum atomic E-state index is -0.142. The van der Waals surface area contributed by atoms with Crippen molar-refractivity contribution in [2.75, 3.05) is 32.2 Å². The van der Waals surface area contributed by atoms with Gasteiger partial charge in [-0.15, -0.1) is 0 Å². The van der Waals surface area contributed by atoms with Gasteiger partial charge in [0.25, 0.3) is 5.91 Å². The summed E-state index contributed by atoms with van der Waals surface area (Å²) >= 11 is 0. The van der Waals surface area contributed by atoms with E-state index < -0.39 is 0 Å². The lowest BCUT2D eigenvalue weighted by molar-refractivity contribution is 0.0947. The Kier molecular flexibility index (Phi) is 6.90. The van der Waals surface area contributed by atoms with Crippen molar-refractivity contribution in [1.29, 1.82) is 0 Å². The van der Waals surface area contributed by atoms with E-state index >= 15 is 0 Å². The maximum Gasteiger partial charge on any atom is 0.270 e. The van der Waals surface area contributed by atoms with Gasteiger partial charge in [0.15, 0.2) is 11.5 Å². The number of carbonyl (C=O) groups is 1. The van der Waals surface area contributed by atoms with Crippen LogP contribution >= 0.6 is 0 Å². The maximum atomic E-state index is 12.5. The molecule has 0 unspecified atom stereocenters. The van der Waals surface area contributed by atoms with E-state index in [4.69, 9.17) is 9.47 Å². The van der Waals surface area contributed by atoms with E-state index in [1.54, 1.807) is 20.3 Å². The van der Waals surface area contributed by atoms with Gasteiger partial charge in [0, 0.05) is 25.3 Å². The summed E-state index contributed by atoms with van der Waals surface area (Å²) < 4.78 is 10.9. The lowest BCUT2D eigenvalue weighted by Crippen LogP contribution is -2.33. The Balaban J connectivity index is 1.78. The van der Waals surface area contributed by atoms with Gasteiger partial charge in [-0.25, -0.2) is 9.97 Å². The number of methoxy groups -OCH3 is 2. The van der Waals surface area contributed by atoms with E-state index in [9.17, 15) is 4.79 Å². The van der Waals surface area contributed by atoms with Crippen LogP contribution in [-0.2, 0) is 13.0 Å². The SMILES string of the molecule is CCCCCNC(=O)c1cc(C)nc(N2CCc3cc(OC)c(OC)cc3C2)n1. The van der Waals surface area contributed by atoms with Gasteiger partial charge < -0.3 is 19.7 Å². The zero-order valence-electron chi connectivity index (χ0n) is 17.7. The molecule has 2 heterocycles. The molecule has 0 aliphatic carbocycles. The molecule has 3 rings (SSSR count). The molecule has 0 radical (unpaired) electrons. The lowest BCUT2D eigenvalue weighted by Gasteiger charge is -2.30. The molecule has 0 saturated heterocycles. The van der Waals surface area contributed by atoms with Crippen molar-refractivity contribution in [3.8, 4) is 11.5 Å². The third-order valence-electron chi connectivity index (χ3n) is 5.14. The molecule has 29 heavy (non-hydrogen) atoms. The molecule has 0 saturated carbocycles. The number of anilines is 1. The predicted molar refractivity (Wildman–Crippen MR) is 113 cm³/mol. The molecule has 0 bridgehead atoms. The molecule has 7 heteroatoms. The summed E-state index contributed by atoms with van der Waals surface area (Å²) in [5.41, 5.74) is 3.60. The first-order chi connectivity index (χ1) is 14.0. The summed E-state index contributed by atoms with van der Waals surface area (Å²) in [4.78, 5) is 23.7. The summed E-state index contributed by atoms with van der Waals surface area (Å²) in [7, 11) is 3.29. The summed E-state index contributed by atoms with van der Waals surface area (Å²) in [6, 6.07) is 5.79. The largest absolute Gasteiger partial charge is 0.493 e.